The highest BCUT2D eigenvalue weighted by atomic mass is 16.3. The van der Waals surface area contributed by atoms with Crippen LogP contribution in [0, 0.1) is 18.3 Å². The summed E-state index contributed by atoms with van der Waals surface area (Å²) in [6, 6.07) is 6.50. The molecule has 80 valence electrons. The van der Waals surface area contributed by atoms with E-state index in [1.807, 2.05) is 6.92 Å². The van der Waals surface area contributed by atoms with Crippen molar-refractivity contribution >= 4 is 0 Å². The normalized spacial score (nSPS) is 14.3. The summed E-state index contributed by atoms with van der Waals surface area (Å²) in [6.07, 6.45) is -2.68. The van der Waals surface area contributed by atoms with Crippen LogP contribution < -0.4 is 0 Å². The molecule has 0 aliphatic rings. The van der Waals surface area contributed by atoms with Crippen molar-refractivity contribution in [3.63, 3.8) is 0 Å². The Labute approximate surface area is 88.0 Å². The Balaban J connectivity index is 3.01. The third-order valence-electron chi connectivity index (χ3n) is 2.32. The fourth-order valence-electron chi connectivity index (χ4n) is 1.30. The molecule has 0 aliphatic heterocycles. The van der Waals surface area contributed by atoms with Crippen molar-refractivity contribution in [1.29, 1.82) is 5.26 Å². The Kier molecular flexibility index (Phi) is 3.81. The molecular weight excluding hydrogens is 194 g/mol. The van der Waals surface area contributed by atoms with Gasteiger partial charge in [0.15, 0.2) is 6.10 Å². The molecule has 0 heterocycles. The van der Waals surface area contributed by atoms with E-state index >= 15 is 0 Å². The zero-order valence-electron chi connectivity index (χ0n) is 8.38. The number of hydrogen-bond acceptors (Lipinski definition) is 4. The second-order valence-electron chi connectivity index (χ2n) is 3.36. The molecule has 2 unspecified atom stereocenters. The zero-order chi connectivity index (χ0) is 11.4. The first-order valence-corrected chi connectivity index (χ1v) is 4.56. The molecule has 4 nitrogen and oxygen atoms in total. The van der Waals surface area contributed by atoms with Crippen LogP contribution in [-0.2, 0) is 6.61 Å². The first-order chi connectivity index (χ1) is 7.10. The fraction of sp³-hybridized carbons (Fsp3) is 0.364. The van der Waals surface area contributed by atoms with Gasteiger partial charge < -0.3 is 15.3 Å². The molecule has 3 N–H and O–H groups in total. The summed E-state index contributed by atoms with van der Waals surface area (Å²) in [6.45, 7) is 1.71. The van der Waals surface area contributed by atoms with Gasteiger partial charge >= 0.3 is 0 Å². The highest BCUT2D eigenvalue weighted by Crippen LogP contribution is 2.20. The van der Waals surface area contributed by atoms with Crippen LogP contribution in [0.4, 0.5) is 0 Å². The lowest BCUT2D eigenvalue weighted by Crippen LogP contribution is -2.16. The number of nitrogens with zero attached hydrogens (tertiary/aromatic N) is 1. The van der Waals surface area contributed by atoms with Crippen molar-refractivity contribution in [3.8, 4) is 6.07 Å². The number of nitriles is 1. The van der Waals surface area contributed by atoms with Crippen LogP contribution in [0.15, 0.2) is 18.2 Å². The van der Waals surface area contributed by atoms with Gasteiger partial charge in [-0.3, -0.25) is 0 Å². The number of aliphatic hydroxyl groups is 3. The van der Waals surface area contributed by atoms with Crippen molar-refractivity contribution in [2.45, 2.75) is 25.7 Å². The summed E-state index contributed by atoms with van der Waals surface area (Å²) in [4.78, 5) is 0. The SMILES string of the molecule is Cc1ccc(C(O)C(O)C#N)cc1CO. The van der Waals surface area contributed by atoms with Gasteiger partial charge in [0.05, 0.1) is 12.7 Å². The van der Waals surface area contributed by atoms with Gasteiger partial charge in [0.1, 0.15) is 6.10 Å². The third-order valence-corrected chi connectivity index (χ3v) is 2.32. The minimum Gasteiger partial charge on any atom is -0.392 e. The number of rotatable bonds is 3. The van der Waals surface area contributed by atoms with Crippen LogP contribution >= 0.6 is 0 Å². The molecule has 2 atom stereocenters. The molecule has 0 aliphatic carbocycles. The van der Waals surface area contributed by atoms with E-state index in [0.717, 1.165) is 5.56 Å². The van der Waals surface area contributed by atoms with Gasteiger partial charge in [0.25, 0.3) is 0 Å². The smallest absolute Gasteiger partial charge is 0.170 e. The maximum atomic E-state index is 9.55. The molecule has 15 heavy (non-hydrogen) atoms. The lowest BCUT2D eigenvalue weighted by Gasteiger charge is -2.13. The molecule has 0 saturated carbocycles. The van der Waals surface area contributed by atoms with Crippen LogP contribution in [-0.4, -0.2) is 21.4 Å². The second kappa shape index (κ2) is 4.89. The molecule has 0 amide bonds. The monoisotopic (exact) mass is 207 g/mol. The molecule has 0 bridgehead atoms. The predicted molar refractivity (Wildman–Crippen MR) is 53.7 cm³/mol. The van der Waals surface area contributed by atoms with Crippen LogP contribution in [0.2, 0.25) is 0 Å². The molecule has 0 radical (unpaired) electrons. The number of hydrogen-bond donors (Lipinski definition) is 3. The Morgan fingerprint density at radius 2 is 2.07 bits per heavy atom. The molecule has 0 aromatic heterocycles. The first-order valence-electron chi connectivity index (χ1n) is 4.56. The topological polar surface area (TPSA) is 84.5 Å². The summed E-state index contributed by atoms with van der Waals surface area (Å²) >= 11 is 0. The summed E-state index contributed by atoms with van der Waals surface area (Å²) < 4.78 is 0. The van der Waals surface area contributed by atoms with E-state index in [9.17, 15) is 5.11 Å². The Hall–Kier alpha value is -1.41. The van der Waals surface area contributed by atoms with Gasteiger partial charge in [-0.15, -0.1) is 0 Å². The van der Waals surface area contributed by atoms with Gasteiger partial charge in [-0.1, -0.05) is 18.2 Å². The standard InChI is InChI=1S/C11H13NO3/c1-7-2-3-8(4-9(7)6-13)11(15)10(14)5-12/h2-4,10-11,13-15H,6H2,1H3. The summed E-state index contributed by atoms with van der Waals surface area (Å²) in [5.74, 6) is 0. The highest BCUT2D eigenvalue weighted by molar-refractivity contribution is 5.32. The first kappa shape index (κ1) is 11.7. The quantitative estimate of drug-likeness (QED) is 0.626. The van der Waals surface area contributed by atoms with Crippen LogP contribution in [0.25, 0.3) is 0 Å². The zero-order valence-corrected chi connectivity index (χ0v) is 8.38. The van der Waals surface area contributed by atoms with Gasteiger partial charge in [-0.25, -0.2) is 0 Å². The number of aliphatic hydroxyl groups excluding tert-OH is 3. The van der Waals surface area contributed by atoms with E-state index in [4.69, 9.17) is 15.5 Å². The van der Waals surface area contributed by atoms with E-state index in [-0.39, 0.29) is 6.61 Å². The van der Waals surface area contributed by atoms with Crippen LogP contribution in [0.3, 0.4) is 0 Å². The van der Waals surface area contributed by atoms with Crippen molar-refractivity contribution in [3.05, 3.63) is 34.9 Å². The molecular formula is C11H13NO3. The van der Waals surface area contributed by atoms with Crippen molar-refractivity contribution in [1.82, 2.24) is 0 Å². The lowest BCUT2D eigenvalue weighted by molar-refractivity contribution is 0.0527. The average molecular weight is 207 g/mol. The van der Waals surface area contributed by atoms with E-state index in [1.165, 1.54) is 0 Å². The van der Waals surface area contributed by atoms with Gasteiger partial charge in [-0.2, -0.15) is 5.26 Å². The summed E-state index contributed by atoms with van der Waals surface area (Å²) in [5, 5.41) is 36.1. The second-order valence-corrected chi connectivity index (χ2v) is 3.36. The van der Waals surface area contributed by atoms with Crippen molar-refractivity contribution in [2.75, 3.05) is 0 Å². The summed E-state index contributed by atoms with van der Waals surface area (Å²) in [5.41, 5.74) is 2.01. The molecule has 0 fully saturated rings. The fourth-order valence-corrected chi connectivity index (χ4v) is 1.30. The molecule has 1 rings (SSSR count). The number of aryl methyl sites for hydroxylation is 1. The van der Waals surface area contributed by atoms with Gasteiger partial charge in [0.2, 0.25) is 0 Å². The van der Waals surface area contributed by atoms with E-state index < -0.39 is 12.2 Å². The Morgan fingerprint density at radius 3 is 2.60 bits per heavy atom. The lowest BCUT2D eigenvalue weighted by atomic mass is 10.00. The summed E-state index contributed by atoms with van der Waals surface area (Å²) in [7, 11) is 0. The van der Waals surface area contributed by atoms with Gasteiger partial charge in [0, 0.05) is 0 Å². The minimum absolute atomic E-state index is 0.130. The molecule has 0 saturated heterocycles. The Morgan fingerprint density at radius 1 is 1.40 bits per heavy atom. The molecule has 1 aromatic carbocycles. The van der Waals surface area contributed by atoms with E-state index in [1.54, 1.807) is 24.3 Å². The molecule has 4 heteroatoms. The van der Waals surface area contributed by atoms with Gasteiger partial charge in [-0.05, 0) is 23.6 Å². The van der Waals surface area contributed by atoms with Crippen molar-refractivity contribution < 1.29 is 15.3 Å². The van der Waals surface area contributed by atoms with E-state index in [0.29, 0.717) is 11.1 Å². The maximum Gasteiger partial charge on any atom is 0.170 e. The molecule has 1 aromatic rings. The molecule has 0 spiro atoms. The largest absolute Gasteiger partial charge is 0.392 e. The number of benzene rings is 1. The third kappa shape index (κ3) is 2.54. The van der Waals surface area contributed by atoms with Crippen LogP contribution in [0.1, 0.15) is 22.8 Å². The maximum absolute atomic E-state index is 9.55. The van der Waals surface area contributed by atoms with Crippen LogP contribution in [0.5, 0.6) is 0 Å². The highest BCUT2D eigenvalue weighted by Gasteiger charge is 2.17. The average Bonchev–Trinajstić information content (AvgIpc) is 2.27. The predicted octanol–water partition coefficient (Wildman–Crippen LogP) is 0.405. The Bertz CT molecular complexity index is 384. The van der Waals surface area contributed by atoms with Crippen molar-refractivity contribution in [2.24, 2.45) is 0 Å². The van der Waals surface area contributed by atoms with E-state index in [2.05, 4.69) is 0 Å². The minimum atomic E-state index is -1.45.